The van der Waals surface area contributed by atoms with Crippen LogP contribution >= 0.6 is 0 Å². The Hall–Kier alpha value is -3.08. The summed E-state index contributed by atoms with van der Waals surface area (Å²) >= 11 is 0. The van der Waals surface area contributed by atoms with Crippen molar-refractivity contribution >= 4 is 34.4 Å². The average molecular weight is 520 g/mol. The van der Waals surface area contributed by atoms with E-state index < -0.39 is 17.9 Å². The predicted octanol–water partition coefficient (Wildman–Crippen LogP) is 3.33. The lowest BCUT2D eigenvalue weighted by Gasteiger charge is -2.31. The number of rotatable bonds is 10. The van der Waals surface area contributed by atoms with Crippen LogP contribution in [0.2, 0.25) is 0 Å². The average Bonchev–Trinajstić information content (AvgIpc) is 3.10. The molecule has 0 radical (unpaired) electrons. The molecule has 0 saturated carbocycles. The van der Waals surface area contributed by atoms with E-state index in [-0.39, 0.29) is 43.2 Å². The number of carbonyl (C=O) groups excluding carboxylic acids is 3. The van der Waals surface area contributed by atoms with Gasteiger partial charge in [-0.05, 0) is 37.9 Å². The molecule has 11 heteroatoms. The molecule has 0 aliphatic carbocycles. The maximum atomic E-state index is 13.2. The Morgan fingerprint density at radius 1 is 1.08 bits per heavy atom. The van der Waals surface area contributed by atoms with Crippen molar-refractivity contribution in [2.24, 2.45) is 7.05 Å². The van der Waals surface area contributed by atoms with Crippen molar-refractivity contribution in [1.29, 1.82) is 0 Å². The van der Waals surface area contributed by atoms with Crippen LogP contribution in [-0.4, -0.2) is 57.3 Å². The fraction of sp³-hybridized carbons (Fsp3) is 0.615. The Labute approximate surface area is 214 Å². The number of aromatic nitrogens is 2. The largest absolute Gasteiger partial charge is 0.329 e. The van der Waals surface area contributed by atoms with E-state index in [2.05, 4.69) is 15.5 Å². The fourth-order valence-corrected chi connectivity index (χ4v) is 5.24. The minimum Gasteiger partial charge on any atom is -0.324 e. The van der Waals surface area contributed by atoms with E-state index in [9.17, 15) is 28.0 Å². The normalized spacial score (nSPS) is 20.2. The molecule has 1 atom stereocenters. The van der Waals surface area contributed by atoms with E-state index in [1.54, 1.807) is 25.2 Å². The number of imidazole rings is 1. The van der Waals surface area contributed by atoms with Crippen molar-refractivity contribution in [3.63, 3.8) is 0 Å². The second-order valence-electron chi connectivity index (χ2n) is 10.1. The van der Waals surface area contributed by atoms with E-state index in [0.717, 1.165) is 38.6 Å². The van der Waals surface area contributed by atoms with Crippen molar-refractivity contribution in [1.82, 2.24) is 19.4 Å². The molecule has 9 nitrogen and oxygen atoms in total. The van der Waals surface area contributed by atoms with E-state index in [0.29, 0.717) is 36.2 Å². The number of halogens is 2. The zero-order valence-corrected chi connectivity index (χ0v) is 21.2. The molecule has 2 aliphatic rings. The zero-order chi connectivity index (χ0) is 26.6. The Morgan fingerprint density at radius 3 is 2.51 bits per heavy atom. The Morgan fingerprint density at radius 2 is 1.78 bits per heavy atom. The van der Waals surface area contributed by atoms with Gasteiger partial charge in [-0.2, -0.15) is 0 Å². The summed E-state index contributed by atoms with van der Waals surface area (Å²) in [5, 5.41) is 5.20. The van der Waals surface area contributed by atoms with Gasteiger partial charge in [-0.3, -0.25) is 28.8 Å². The van der Waals surface area contributed by atoms with Crippen LogP contribution in [0.4, 0.5) is 14.5 Å². The molecule has 0 bridgehead atoms. The SMILES string of the molecule is Cn1c(=O)n(C2CCC(=O)NC2=O)c2cccc(NC(=O)CCCCCCCN3CCC(F)(F)CC3)c21. The van der Waals surface area contributed by atoms with Crippen molar-refractivity contribution in [3.8, 4) is 0 Å². The summed E-state index contributed by atoms with van der Waals surface area (Å²) in [6, 6.07) is 4.40. The first-order valence-electron chi connectivity index (χ1n) is 13.1. The van der Waals surface area contributed by atoms with Gasteiger partial charge in [0, 0.05) is 45.8 Å². The highest BCUT2D eigenvalue weighted by atomic mass is 19.3. The summed E-state index contributed by atoms with van der Waals surface area (Å²) in [6.45, 7) is 1.77. The first kappa shape index (κ1) is 27.0. The second-order valence-corrected chi connectivity index (χ2v) is 10.1. The van der Waals surface area contributed by atoms with E-state index in [1.807, 2.05) is 0 Å². The predicted molar refractivity (Wildman–Crippen MR) is 136 cm³/mol. The lowest BCUT2D eigenvalue weighted by Crippen LogP contribution is -2.44. The highest BCUT2D eigenvalue weighted by molar-refractivity contribution is 6.02. The van der Waals surface area contributed by atoms with Gasteiger partial charge in [0.05, 0.1) is 16.7 Å². The summed E-state index contributed by atoms with van der Waals surface area (Å²) < 4.78 is 29.3. The first-order chi connectivity index (χ1) is 17.7. The third kappa shape index (κ3) is 6.44. The van der Waals surface area contributed by atoms with Gasteiger partial charge in [-0.25, -0.2) is 13.6 Å². The quantitative estimate of drug-likeness (QED) is 0.370. The lowest BCUT2D eigenvalue weighted by molar-refractivity contribution is -0.135. The lowest BCUT2D eigenvalue weighted by atomic mass is 10.1. The first-order valence-corrected chi connectivity index (χ1v) is 13.1. The van der Waals surface area contributed by atoms with Gasteiger partial charge < -0.3 is 10.2 Å². The number of unbranched alkanes of at least 4 members (excludes halogenated alkanes) is 4. The number of nitrogens with one attached hydrogen (secondary N) is 2. The number of benzene rings is 1. The molecule has 1 aromatic carbocycles. The summed E-state index contributed by atoms with van der Waals surface area (Å²) in [7, 11) is 1.60. The number of hydrogen-bond donors (Lipinski definition) is 2. The van der Waals surface area contributed by atoms with Crippen LogP contribution in [0.1, 0.15) is 70.3 Å². The number of likely N-dealkylation sites (tertiary alicyclic amines) is 1. The summed E-state index contributed by atoms with van der Waals surface area (Å²) in [6.07, 6.45) is 5.24. The van der Waals surface area contributed by atoms with E-state index in [4.69, 9.17) is 0 Å². The van der Waals surface area contributed by atoms with Crippen LogP contribution in [-0.2, 0) is 21.4 Å². The van der Waals surface area contributed by atoms with Crippen LogP contribution in [0.15, 0.2) is 23.0 Å². The summed E-state index contributed by atoms with van der Waals surface area (Å²) in [5.74, 6) is -3.51. The number of aryl methyl sites for hydroxylation is 1. The third-order valence-electron chi connectivity index (χ3n) is 7.36. The number of alkyl halides is 2. The molecule has 3 heterocycles. The monoisotopic (exact) mass is 519 g/mol. The Balaban J connectivity index is 1.26. The summed E-state index contributed by atoms with van der Waals surface area (Å²) in [4.78, 5) is 51.6. The molecule has 2 fully saturated rings. The van der Waals surface area contributed by atoms with Gasteiger partial charge in [0.15, 0.2) is 0 Å². The summed E-state index contributed by atoms with van der Waals surface area (Å²) in [5.41, 5.74) is 1.17. The van der Waals surface area contributed by atoms with Crippen LogP contribution < -0.4 is 16.3 Å². The van der Waals surface area contributed by atoms with E-state index >= 15 is 0 Å². The zero-order valence-electron chi connectivity index (χ0n) is 21.2. The second kappa shape index (κ2) is 11.5. The Kier molecular flexibility index (Phi) is 8.41. The van der Waals surface area contributed by atoms with Gasteiger partial charge in [0.2, 0.25) is 17.7 Å². The van der Waals surface area contributed by atoms with Crippen molar-refractivity contribution in [3.05, 3.63) is 28.7 Å². The number of hydrogen-bond acceptors (Lipinski definition) is 5. The maximum Gasteiger partial charge on any atom is 0.329 e. The van der Waals surface area contributed by atoms with E-state index in [1.165, 1.54) is 9.13 Å². The maximum absolute atomic E-state index is 13.2. The molecular weight excluding hydrogens is 484 g/mol. The smallest absolute Gasteiger partial charge is 0.324 e. The molecule has 2 aromatic rings. The number of anilines is 1. The standard InChI is InChI=1S/C26H35F2N5O4/c1-31-23-18(8-7-9-19(23)33(25(31)37)20-11-12-22(35)30-24(20)36)29-21(34)10-5-3-2-4-6-15-32-16-13-26(27,28)14-17-32/h7-9,20H,2-6,10-17H2,1H3,(H,29,34)(H,30,35,36). The number of nitrogens with zero attached hydrogens (tertiary/aromatic N) is 3. The minimum absolute atomic E-state index is 0.0500. The van der Waals surface area contributed by atoms with Gasteiger partial charge in [-0.1, -0.05) is 25.3 Å². The molecule has 4 rings (SSSR count). The van der Waals surface area contributed by atoms with Gasteiger partial charge in [0.25, 0.3) is 5.92 Å². The van der Waals surface area contributed by atoms with Gasteiger partial charge in [0.1, 0.15) is 6.04 Å². The molecule has 0 spiro atoms. The molecule has 202 valence electrons. The molecule has 2 aliphatic heterocycles. The van der Waals surface area contributed by atoms with Crippen molar-refractivity contribution in [2.45, 2.75) is 76.2 Å². The topological polar surface area (TPSA) is 105 Å². The number of imide groups is 1. The van der Waals surface area contributed by atoms with Crippen LogP contribution in [0.5, 0.6) is 0 Å². The van der Waals surface area contributed by atoms with Crippen molar-refractivity contribution in [2.75, 3.05) is 25.0 Å². The number of amides is 3. The number of piperidine rings is 2. The molecule has 3 amide bonds. The van der Waals surface area contributed by atoms with Crippen LogP contribution in [0.25, 0.3) is 11.0 Å². The van der Waals surface area contributed by atoms with Crippen LogP contribution in [0, 0.1) is 0 Å². The fourth-order valence-electron chi connectivity index (χ4n) is 5.24. The molecule has 2 N–H and O–H groups in total. The molecule has 37 heavy (non-hydrogen) atoms. The molecule has 1 aromatic heterocycles. The number of carbonyl (C=O) groups is 3. The highest BCUT2D eigenvalue weighted by Crippen LogP contribution is 2.29. The van der Waals surface area contributed by atoms with Gasteiger partial charge >= 0.3 is 5.69 Å². The van der Waals surface area contributed by atoms with Crippen molar-refractivity contribution < 1.29 is 23.2 Å². The molecule has 2 saturated heterocycles. The Bertz CT molecular complexity index is 1210. The number of fused-ring (bicyclic) bond motifs is 1. The number of para-hydroxylation sites is 1. The minimum atomic E-state index is -2.51. The third-order valence-corrected chi connectivity index (χ3v) is 7.36. The van der Waals surface area contributed by atoms with Gasteiger partial charge in [-0.15, -0.1) is 0 Å². The highest BCUT2D eigenvalue weighted by Gasteiger charge is 2.34. The molecular formula is C26H35F2N5O4. The van der Waals surface area contributed by atoms with Crippen LogP contribution in [0.3, 0.4) is 0 Å². The molecule has 1 unspecified atom stereocenters.